The number of nitro benzene ring substituents is 1. The van der Waals surface area contributed by atoms with Crippen molar-refractivity contribution in [1.29, 1.82) is 0 Å². The number of nitrogens with two attached hydrogens (primary N) is 1. The Hall–Kier alpha value is -2.89. The molecule has 3 rings (SSSR count). The fourth-order valence-electron chi connectivity index (χ4n) is 2.20. The van der Waals surface area contributed by atoms with Crippen LogP contribution in [-0.2, 0) is 0 Å². The van der Waals surface area contributed by atoms with Crippen LogP contribution in [-0.4, -0.2) is 14.3 Å². The fourth-order valence-corrected chi connectivity index (χ4v) is 2.20. The first-order valence-electron chi connectivity index (χ1n) is 6.05. The molecule has 0 saturated heterocycles. The highest BCUT2D eigenvalue weighted by molar-refractivity contribution is 5.78. The molecule has 2 heterocycles. The van der Waals surface area contributed by atoms with Crippen LogP contribution in [0.3, 0.4) is 0 Å². The van der Waals surface area contributed by atoms with Crippen LogP contribution in [0.5, 0.6) is 0 Å². The number of aromatic nitrogens is 2. The molecular weight excluding hydrogens is 256 g/mol. The van der Waals surface area contributed by atoms with Gasteiger partial charge in [0.1, 0.15) is 5.82 Å². The molecule has 0 spiro atoms. The molecule has 2 aromatic heterocycles. The lowest BCUT2D eigenvalue weighted by atomic mass is 10.1. The molecule has 3 aromatic rings. The molecule has 20 heavy (non-hydrogen) atoms. The van der Waals surface area contributed by atoms with E-state index in [1.54, 1.807) is 12.1 Å². The summed E-state index contributed by atoms with van der Waals surface area (Å²) in [5.41, 5.74) is 9.05. The standard InChI is InChI=1S/C14H12N4O2/c1-9-16-14(13-7-4-11(15)8-17(9)13)10-2-5-12(6-3-10)18(19)20/h2-8H,15H2,1H3. The van der Waals surface area contributed by atoms with Crippen molar-refractivity contribution in [3.05, 3.63) is 58.5 Å². The first kappa shape index (κ1) is 12.2. The smallest absolute Gasteiger partial charge is 0.269 e. The zero-order chi connectivity index (χ0) is 14.3. The number of anilines is 1. The summed E-state index contributed by atoms with van der Waals surface area (Å²) in [5, 5.41) is 10.7. The number of imidazole rings is 1. The van der Waals surface area contributed by atoms with Crippen molar-refractivity contribution in [2.24, 2.45) is 0 Å². The summed E-state index contributed by atoms with van der Waals surface area (Å²) in [6, 6.07) is 10.1. The van der Waals surface area contributed by atoms with E-state index in [9.17, 15) is 10.1 Å². The van der Waals surface area contributed by atoms with E-state index in [0.717, 1.165) is 22.6 Å². The number of benzene rings is 1. The molecule has 2 N–H and O–H groups in total. The van der Waals surface area contributed by atoms with Gasteiger partial charge in [0.2, 0.25) is 0 Å². The summed E-state index contributed by atoms with van der Waals surface area (Å²) in [5.74, 6) is 0.820. The SMILES string of the molecule is Cc1nc(-c2ccc([N+](=O)[O-])cc2)c2ccc(N)cn12. The van der Waals surface area contributed by atoms with Crippen LogP contribution in [0, 0.1) is 17.0 Å². The number of hydrogen-bond acceptors (Lipinski definition) is 4. The number of hydrogen-bond donors (Lipinski definition) is 1. The highest BCUT2D eigenvalue weighted by atomic mass is 16.6. The number of fused-ring (bicyclic) bond motifs is 1. The van der Waals surface area contributed by atoms with Crippen LogP contribution >= 0.6 is 0 Å². The second kappa shape index (κ2) is 4.34. The van der Waals surface area contributed by atoms with E-state index in [1.807, 2.05) is 29.7 Å². The van der Waals surface area contributed by atoms with Gasteiger partial charge >= 0.3 is 0 Å². The van der Waals surface area contributed by atoms with E-state index in [0.29, 0.717) is 5.69 Å². The average Bonchev–Trinajstić information content (AvgIpc) is 2.76. The summed E-state index contributed by atoms with van der Waals surface area (Å²) in [6.45, 7) is 1.89. The van der Waals surface area contributed by atoms with Crippen LogP contribution in [0.4, 0.5) is 11.4 Å². The van der Waals surface area contributed by atoms with Gasteiger partial charge in [0, 0.05) is 29.6 Å². The predicted octanol–water partition coefficient (Wildman–Crippen LogP) is 2.80. The largest absolute Gasteiger partial charge is 0.398 e. The molecule has 0 radical (unpaired) electrons. The van der Waals surface area contributed by atoms with Crippen molar-refractivity contribution in [3.8, 4) is 11.3 Å². The molecule has 0 unspecified atom stereocenters. The van der Waals surface area contributed by atoms with Crippen LogP contribution in [0.25, 0.3) is 16.8 Å². The Bertz CT molecular complexity index is 806. The molecular formula is C14H12N4O2. The molecule has 0 bridgehead atoms. The van der Waals surface area contributed by atoms with Crippen LogP contribution in [0.2, 0.25) is 0 Å². The van der Waals surface area contributed by atoms with Crippen molar-refractivity contribution in [2.75, 3.05) is 5.73 Å². The molecule has 6 heteroatoms. The van der Waals surface area contributed by atoms with Gasteiger partial charge in [0.25, 0.3) is 5.69 Å². The van der Waals surface area contributed by atoms with E-state index in [4.69, 9.17) is 5.73 Å². The average molecular weight is 268 g/mol. The maximum atomic E-state index is 10.7. The number of rotatable bonds is 2. The lowest BCUT2D eigenvalue weighted by molar-refractivity contribution is -0.384. The molecule has 100 valence electrons. The van der Waals surface area contributed by atoms with Crippen molar-refractivity contribution in [3.63, 3.8) is 0 Å². The number of nitrogens with zero attached hydrogens (tertiary/aromatic N) is 3. The van der Waals surface area contributed by atoms with Gasteiger partial charge < -0.3 is 10.1 Å². The molecule has 0 aliphatic rings. The zero-order valence-corrected chi connectivity index (χ0v) is 10.8. The number of nitrogen functional groups attached to an aromatic ring is 1. The van der Waals surface area contributed by atoms with Gasteiger partial charge in [-0.05, 0) is 31.2 Å². The summed E-state index contributed by atoms with van der Waals surface area (Å²) < 4.78 is 1.91. The first-order chi connectivity index (χ1) is 9.56. The Kier molecular flexibility index (Phi) is 2.64. The van der Waals surface area contributed by atoms with Crippen molar-refractivity contribution < 1.29 is 4.92 Å². The van der Waals surface area contributed by atoms with Gasteiger partial charge in [-0.3, -0.25) is 10.1 Å². The molecule has 0 amide bonds. The normalized spacial score (nSPS) is 10.8. The Morgan fingerprint density at radius 3 is 2.55 bits per heavy atom. The van der Waals surface area contributed by atoms with E-state index < -0.39 is 4.92 Å². The van der Waals surface area contributed by atoms with Crippen LogP contribution in [0.1, 0.15) is 5.82 Å². The van der Waals surface area contributed by atoms with Crippen molar-refractivity contribution >= 4 is 16.9 Å². The minimum Gasteiger partial charge on any atom is -0.398 e. The summed E-state index contributed by atoms with van der Waals surface area (Å²) in [7, 11) is 0. The summed E-state index contributed by atoms with van der Waals surface area (Å²) in [4.78, 5) is 14.8. The second-order valence-corrected chi connectivity index (χ2v) is 4.53. The van der Waals surface area contributed by atoms with E-state index in [1.165, 1.54) is 12.1 Å². The Morgan fingerprint density at radius 2 is 1.90 bits per heavy atom. The number of nitro groups is 1. The lowest BCUT2D eigenvalue weighted by Crippen LogP contribution is -1.91. The predicted molar refractivity (Wildman–Crippen MR) is 76.4 cm³/mol. The molecule has 0 atom stereocenters. The van der Waals surface area contributed by atoms with Gasteiger partial charge in [-0.2, -0.15) is 0 Å². The lowest BCUT2D eigenvalue weighted by Gasteiger charge is -2.00. The van der Waals surface area contributed by atoms with Gasteiger partial charge in [-0.1, -0.05) is 0 Å². The van der Waals surface area contributed by atoms with Gasteiger partial charge in [-0.15, -0.1) is 0 Å². The van der Waals surface area contributed by atoms with Gasteiger partial charge in [0.15, 0.2) is 0 Å². The third kappa shape index (κ3) is 1.87. The van der Waals surface area contributed by atoms with E-state index >= 15 is 0 Å². The maximum absolute atomic E-state index is 10.7. The third-order valence-corrected chi connectivity index (χ3v) is 3.19. The molecule has 0 saturated carbocycles. The second-order valence-electron chi connectivity index (χ2n) is 4.53. The Morgan fingerprint density at radius 1 is 1.20 bits per heavy atom. The molecule has 0 aliphatic heterocycles. The van der Waals surface area contributed by atoms with E-state index in [2.05, 4.69) is 4.98 Å². The zero-order valence-electron chi connectivity index (χ0n) is 10.8. The number of aryl methyl sites for hydroxylation is 1. The molecule has 6 nitrogen and oxygen atoms in total. The van der Waals surface area contributed by atoms with Crippen molar-refractivity contribution in [1.82, 2.24) is 9.38 Å². The van der Waals surface area contributed by atoms with E-state index in [-0.39, 0.29) is 5.69 Å². The quantitative estimate of drug-likeness (QED) is 0.572. The Labute approximate surface area is 114 Å². The minimum absolute atomic E-state index is 0.0678. The molecule has 0 fully saturated rings. The summed E-state index contributed by atoms with van der Waals surface area (Å²) in [6.07, 6.45) is 1.81. The number of pyridine rings is 1. The first-order valence-corrected chi connectivity index (χ1v) is 6.05. The van der Waals surface area contributed by atoms with Crippen LogP contribution < -0.4 is 5.73 Å². The highest BCUT2D eigenvalue weighted by Gasteiger charge is 2.12. The van der Waals surface area contributed by atoms with Crippen LogP contribution in [0.15, 0.2) is 42.6 Å². The van der Waals surface area contributed by atoms with Crippen molar-refractivity contribution in [2.45, 2.75) is 6.92 Å². The highest BCUT2D eigenvalue weighted by Crippen LogP contribution is 2.27. The Balaban J connectivity index is 2.17. The topological polar surface area (TPSA) is 86.5 Å². The molecule has 1 aromatic carbocycles. The fraction of sp³-hybridized carbons (Fsp3) is 0.0714. The van der Waals surface area contributed by atoms with Gasteiger partial charge in [0.05, 0.1) is 16.1 Å². The van der Waals surface area contributed by atoms with Gasteiger partial charge in [-0.25, -0.2) is 4.98 Å². The minimum atomic E-state index is -0.416. The molecule has 0 aliphatic carbocycles. The summed E-state index contributed by atoms with van der Waals surface area (Å²) >= 11 is 0. The monoisotopic (exact) mass is 268 g/mol. The number of non-ortho nitro benzene ring substituents is 1. The maximum Gasteiger partial charge on any atom is 0.269 e. The third-order valence-electron chi connectivity index (χ3n) is 3.19.